The van der Waals surface area contributed by atoms with E-state index in [9.17, 15) is 0 Å². The second-order valence-corrected chi connectivity index (χ2v) is 3.39. The lowest BCUT2D eigenvalue weighted by Gasteiger charge is -2.06. The monoisotopic (exact) mass is 222 g/mol. The van der Waals surface area contributed by atoms with Crippen molar-refractivity contribution in [3.63, 3.8) is 0 Å². The molecule has 0 heterocycles. The Hall–Kier alpha value is -1.46. The first kappa shape index (κ1) is 11.6. The van der Waals surface area contributed by atoms with Crippen molar-refractivity contribution < 1.29 is 0 Å². The molecular formula is C10H14N4S. The van der Waals surface area contributed by atoms with Crippen molar-refractivity contribution in [1.29, 1.82) is 0 Å². The largest absolute Gasteiger partial charge is 0.331 e. The maximum absolute atomic E-state index is 5.38. The van der Waals surface area contributed by atoms with Gasteiger partial charge in [0.1, 0.15) is 0 Å². The Labute approximate surface area is 94.6 Å². The molecule has 0 spiro atoms. The van der Waals surface area contributed by atoms with Crippen molar-refractivity contribution in [3.8, 4) is 0 Å². The van der Waals surface area contributed by atoms with Gasteiger partial charge in [-0.05, 0) is 31.3 Å². The Bertz CT molecular complexity index is 348. The number of hydrazone groups is 1. The van der Waals surface area contributed by atoms with Crippen molar-refractivity contribution >= 4 is 28.7 Å². The van der Waals surface area contributed by atoms with E-state index in [0.29, 0.717) is 11.7 Å². The Morgan fingerprint density at radius 3 is 2.67 bits per heavy atom. The van der Waals surface area contributed by atoms with Crippen LogP contribution in [0.3, 0.4) is 0 Å². The molecule has 4 nitrogen and oxygen atoms in total. The minimum atomic E-state index is 0.418. The van der Waals surface area contributed by atoms with Gasteiger partial charge in [-0.15, -0.1) is 0 Å². The molecule has 0 amide bonds. The molecule has 0 saturated carbocycles. The molecule has 0 saturated heterocycles. The molecule has 1 rings (SSSR count). The maximum atomic E-state index is 5.38. The van der Waals surface area contributed by atoms with Gasteiger partial charge in [0.25, 0.3) is 0 Å². The Morgan fingerprint density at radius 2 is 2.07 bits per heavy atom. The van der Waals surface area contributed by atoms with Crippen LogP contribution >= 0.6 is 12.2 Å². The molecule has 5 heteroatoms. The molecular weight excluding hydrogens is 208 g/mol. The molecule has 15 heavy (non-hydrogen) atoms. The average molecular weight is 222 g/mol. The van der Waals surface area contributed by atoms with Crippen LogP contribution in [0.2, 0.25) is 0 Å². The summed E-state index contributed by atoms with van der Waals surface area (Å²) in [4.78, 5) is 0. The van der Waals surface area contributed by atoms with E-state index >= 15 is 0 Å². The molecule has 0 radical (unpaired) electrons. The number of rotatable bonds is 3. The summed E-state index contributed by atoms with van der Waals surface area (Å²) in [6, 6.07) is 9.65. The van der Waals surface area contributed by atoms with Crippen LogP contribution < -0.4 is 16.5 Å². The highest BCUT2D eigenvalue weighted by atomic mass is 32.1. The third-order valence-electron chi connectivity index (χ3n) is 1.68. The first-order valence-electron chi connectivity index (χ1n) is 4.57. The summed E-state index contributed by atoms with van der Waals surface area (Å²) in [5.41, 5.74) is 9.81. The quantitative estimate of drug-likeness (QED) is 0.410. The molecule has 1 aromatic rings. The number of nitrogens with two attached hydrogens (primary N) is 1. The van der Waals surface area contributed by atoms with Gasteiger partial charge in [-0.25, -0.2) is 0 Å². The normalized spacial score (nSPS) is 10.9. The van der Waals surface area contributed by atoms with Gasteiger partial charge >= 0.3 is 0 Å². The van der Waals surface area contributed by atoms with Crippen molar-refractivity contribution in [2.45, 2.75) is 6.92 Å². The predicted octanol–water partition coefficient (Wildman–Crippen LogP) is 1.31. The third kappa shape index (κ3) is 4.53. The minimum absolute atomic E-state index is 0.418. The SMILES string of the molecule is C/C(CN)=N\NC(=S)Nc1ccccc1. The molecule has 0 aliphatic carbocycles. The number of nitrogens with zero attached hydrogens (tertiary/aromatic N) is 1. The lowest BCUT2D eigenvalue weighted by molar-refractivity contribution is 1.02. The van der Waals surface area contributed by atoms with E-state index in [1.54, 1.807) is 0 Å². The van der Waals surface area contributed by atoms with Crippen LogP contribution in [0.4, 0.5) is 5.69 Å². The van der Waals surface area contributed by atoms with E-state index in [1.165, 1.54) is 0 Å². The zero-order valence-corrected chi connectivity index (χ0v) is 9.34. The molecule has 0 atom stereocenters. The summed E-state index contributed by atoms with van der Waals surface area (Å²) >= 11 is 5.03. The summed E-state index contributed by atoms with van der Waals surface area (Å²) < 4.78 is 0. The molecule has 0 bridgehead atoms. The molecule has 0 aromatic heterocycles. The molecule has 0 fully saturated rings. The molecule has 1 aromatic carbocycles. The zero-order valence-electron chi connectivity index (χ0n) is 8.53. The van der Waals surface area contributed by atoms with Gasteiger partial charge in [0.2, 0.25) is 0 Å². The summed E-state index contributed by atoms with van der Waals surface area (Å²) in [7, 11) is 0. The molecule has 0 unspecified atom stereocenters. The van der Waals surface area contributed by atoms with Gasteiger partial charge < -0.3 is 11.1 Å². The fourth-order valence-electron chi connectivity index (χ4n) is 0.872. The summed E-state index contributed by atoms with van der Waals surface area (Å²) in [5.74, 6) is 0. The number of benzene rings is 1. The van der Waals surface area contributed by atoms with Crippen LogP contribution in [0.1, 0.15) is 6.92 Å². The number of hydrogen-bond acceptors (Lipinski definition) is 3. The van der Waals surface area contributed by atoms with Crippen LogP contribution in [0.5, 0.6) is 0 Å². The van der Waals surface area contributed by atoms with Gasteiger partial charge in [-0.2, -0.15) is 5.10 Å². The van der Waals surface area contributed by atoms with Crippen LogP contribution in [0, 0.1) is 0 Å². The fraction of sp³-hybridized carbons (Fsp3) is 0.200. The Kier molecular flexibility index (Phi) is 4.73. The predicted molar refractivity (Wildman–Crippen MR) is 68.0 cm³/mol. The third-order valence-corrected chi connectivity index (χ3v) is 1.87. The molecule has 80 valence electrons. The Balaban J connectivity index is 2.44. The van der Waals surface area contributed by atoms with E-state index in [-0.39, 0.29) is 0 Å². The molecule has 4 N–H and O–H groups in total. The average Bonchev–Trinajstić information content (AvgIpc) is 2.27. The van der Waals surface area contributed by atoms with E-state index < -0.39 is 0 Å². The smallest absolute Gasteiger partial charge is 0.191 e. The lowest BCUT2D eigenvalue weighted by atomic mass is 10.3. The zero-order chi connectivity index (χ0) is 11.1. The van der Waals surface area contributed by atoms with Crippen LogP contribution in [-0.4, -0.2) is 17.4 Å². The van der Waals surface area contributed by atoms with Gasteiger partial charge in [0.05, 0.1) is 0 Å². The minimum Gasteiger partial charge on any atom is -0.331 e. The standard InChI is InChI=1S/C10H14N4S/c1-8(7-11)13-14-10(15)12-9-5-3-2-4-6-9/h2-6H,7,11H2,1H3,(H2,12,14,15)/b13-8+. The lowest BCUT2D eigenvalue weighted by Crippen LogP contribution is -2.26. The van der Waals surface area contributed by atoms with Crippen LogP contribution in [0.25, 0.3) is 0 Å². The first-order chi connectivity index (χ1) is 7.22. The van der Waals surface area contributed by atoms with E-state index in [1.807, 2.05) is 37.3 Å². The maximum Gasteiger partial charge on any atom is 0.191 e. The Morgan fingerprint density at radius 1 is 1.40 bits per heavy atom. The first-order valence-corrected chi connectivity index (χ1v) is 4.98. The summed E-state index contributed by atoms with van der Waals surface area (Å²) in [5, 5.41) is 7.42. The topological polar surface area (TPSA) is 62.4 Å². The summed E-state index contributed by atoms with van der Waals surface area (Å²) in [6.07, 6.45) is 0. The van der Waals surface area contributed by atoms with Crippen LogP contribution in [-0.2, 0) is 0 Å². The van der Waals surface area contributed by atoms with Crippen LogP contribution in [0.15, 0.2) is 35.4 Å². The fourth-order valence-corrected chi connectivity index (χ4v) is 1.04. The van der Waals surface area contributed by atoms with E-state index in [2.05, 4.69) is 15.8 Å². The second-order valence-electron chi connectivity index (χ2n) is 2.98. The highest BCUT2D eigenvalue weighted by Crippen LogP contribution is 2.03. The van der Waals surface area contributed by atoms with Crippen molar-refractivity contribution in [2.24, 2.45) is 10.8 Å². The molecule has 0 aliphatic rings. The second kappa shape index (κ2) is 6.10. The van der Waals surface area contributed by atoms with Crippen molar-refractivity contribution in [1.82, 2.24) is 5.43 Å². The number of anilines is 1. The van der Waals surface area contributed by atoms with Gasteiger partial charge in [-0.3, -0.25) is 5.43 Å². The highest BCUT2D eigenvalue weighted by molar-refractivity contribution is 7.80. The number of nitrogens with one attached hydrogen (secondary N) is 2. The van der Waals surface area contributed by atoms with Gasteiger partial charge in [0.15, 0.2) is 5.11 Å². The highest BCUT2D eigenvalue weighted by Gasteiger charge is 1.94. The van der Waals surface area contributed by atoms with Gasteiger partial charge in [-0.1, -0.05) is 18.2 Å². The number of thiocarbonyl (C=S) groups is 1. The number of hydrogen-bond donors (Lipinski definition) is 3. The van der Waals surface area contributed by atoms with Gasteiger partial charge in [0, 0.05) is 17.9 Å². The van der Waals surface area contributed by atoms with Crippen molar-refractivity contribution in [3.05, 3.63) is 30.3 Å². The summed E-state index contributed by atoms with van der Waals surface area (Å²) in [6.45, 7) is 2.25. The molecule has 0 aliphatic heterocycles. The van der Waals surface area contributed by atoms with Crippen molar-refractivity contribution in [2.75, 3.05) is 11.9 Å². The number of para-hydroxylation sites is 1. The van der Waals surface area contributed by atoms with E-state index in [4.69, 9.17) is 18.0 Å². The van der Waals surface area contributed by atoms with E-state index in [0.717, 1.165) is 11.4 Å².